The number of rotatable bonds is 3. The van der Waals surface area contributed by atoms with Gasteiger partial charge in [0, 0.05) is 16.4 Å². The molecule has 0 unspecified atom stereocenters. The Balaban J connectivity index is 1.95. The van der Waals surface area contributed by atoms with E-state index in [9.17, 15) is 4.79 Å². The summed E-state index contributed by atoms with van der Waals surface area (Å²) in [7, 11) is 0. The van der Waals surface area contributed by atoms with Crippen molar-refractivity contribution in [3.63, 3.8) is 0 Å². The van der Waals surface area contributed by atoms with Crippen molar-refractivity contribution in [2.75, 3.05) is 12.3 Å². The number of halogens is 1. The van der Waals surface area contributed by atoms with Crippen molar-refractivity contribution >= 4 is 23.3 Å². The van der Waals surface area contributed by atoms with Crippen molar-refractivity contribution in [2.24, 2.45) is 0 Å². The Kier molecular flexibility index (Phi) is 5.02. The molecule has 0 fully saturated rings. The number of hydrogen-bond acceptors (Lipinski definition) is 5. The number of allylic oxidation sites excluding steroid dienone is 1. The zero-order valence-electron chi connectivity index (χ0n) is 16.0. The summed E-state index contributed by atoms with van der Waals surface area (Å²) in [4.78, 5) is 17.6. The number of aromatic nitrogens is 1. The first-order valence-corrected chi connectivity index (χ1v) is 10.0. The van der Waals surface area contributed by atoms with Gasteiger partial charge in [0.25, 0.3) is 0 Å². The summed E-state index contributed by atoms with van der Waals surface area (Å²) < 4.78 is 11.3. The lowest BCUT2D eigenvalue weighted by Gasteiger charge is -2.31. The van der Waals surface area contributed by atoms with Gasteiger partial charge in [0.1, 0.15) is 5.76 Å². The summed E-state index contributed by atoms with van der Waals surface area (Å²) in [6.07, 6.45) is 3.98. The van der Waals surface area contributed by atoms with Gasteiger partial charge in [0.15, 0.2) is 0 Å². The summed E-state index contributed by atoms with van der Waals surface area (Å²) in [5, 5.41) is 0.631. The Hall–Kier alpha value is -2.53. The number of nitrogens with two attached hydrogens (primary N) is 1. The van der Waals surface area contributed by atoms with Gasteiger partial charge in [0.2, 0.25) is 5.88 Å². The number of anilines is 1. The van der Waals surface area contributed by atoms with Crippen molar-refractivity contribution in [3.05, 3.63) is 63.0 Å². The standard InChI is InChI=1S/C22H23ClN2O3/c1-3-27-22(26)17-12(2)28-21-19(18(17)13-8-10-14(23)11-9-13)20(24)15-6-4-5-7-16(15)25-21/h8-11,18H,3-7H2,1-2H3,(H2,24,25)/t18-/m0/s1. The molecule has 1 aromatic heterocycles. The molecule has 5 nitrogen and oxygen atoms in total. The molecule has 1 aliphatic carbocycles. The van der Waals surface area contributed by atoms with Crippen LogP contribution in [0.25, 0.3) is 0 Å². The molecule has 1 atom stereocenters. The number of benzene rings is 1. The Morgan fingerprint density at radius 3 is 2.71 bits per heavy atom. The number of fused-ring (bicyclic) bond motifs is 2. The SMILES string of the molecule is CCOC(=O)C1=C(C)Oc2nc3c(c(N)c2[C@H]1c1ccc(Cl)cc1)CCCC3. The Morgan fingerprint density at radius 1 is 1.29 bits per heavy atom. The molecule has 0 amide bonds. The highest BCUT2D eigenvalue weighted by atomic mass is 35.5. The van der Waals surface area contributed by atoms with E-state index in [4.69, 9.17) is 31.8 Å². The number of carbonyl (C=O) groups is 1. The normalized spacial score (nSPS) is 18.2. The van der Waals surface area contributed by atoms with E-state index in [1.54, 1.807) is 13.8 Å². The first kappa shape index (κ1) is 18.8. The van der Waals surface area contributed by atoms with Gasteiger partial charge >= 0.3 is 5.97 Å². The van der Waals surface area contributed by atoms with Crippen LogP contribution in [-0.4, -0.2) is 17.6 Å². The Morgan fingerprint density at radius 2 is 2.00 bits per heavy atom. The van der Waals surface area contributed by atoms with Crippen molar-refractivity contribution in [1.29, 1.82) is 0 Å². The molecule has 2 aliphatic rings. The van der Waals surface area contributed by atoms with Crippen LogP contribution < -0.4 is 10.5 Å². The molecule has 6 heteroatoms. The van der Waals surface area contributed by atoms with Crippen molar-refractivity contribution in [1.82, 2.24) is 4.98 Å². The van der Waals surface area contributed by atoms with E-state index in [-0.39, 0.29) is 6.61 Å². The molecule has 1 aliphatic heterocycles. The molecule has 1 aromatic carbocycles. The van der Waals surface area contributed by atoms with Crippen LogP contribution in [0.3, 0.4) is 0 Å². The van der Waals surface area contributed by atoms with Gasteiger partial charge in [-0.25, -0.2) is 9.78 Å². The molecule has 4 rings (SSSR count). The van der Waals surface area contributed by atoms with Crippen LogP contribution in [-0.2, 0) is 22.4 Å². The highest BCUT2D eigenvalue weighted by Crippen LogP contribution is 2.47. The number of aryl methyl sites for hydroxylation is 1. The number of pyridine rings is 1. The van der Waals surface area contributed by atoms with E-state index in [0.717, 1.165) is 48.1 Å². The second kappa shape index (κ2) is 7.47. The number of hydrogen-bond donors (Lipinski definition) is 1. The maximum absolute atomic E-state index is 12.8. The zero-order valence-corrected chi connectivity index (χ0v) is 16.8. The number of carbonyl (C=O) groups excluding carboxylic acids is 1. The largest absolute Gasteiger partial charge is 0.463 e. The van der Waals surface area contributed by atoms with E-state index in [1.807, 2.05) is 24.3 Å². The van der Waals surface area contributed by atoms with Crippen LogP contribution >= 0.6 is 11.6 Å². The molecule has 2 heterocycles. The Labute approximate surface area is 169 Å². The third-order valence-corrected chi connectivity index (χ3v) is 5.68. The summed E-state index contributed by atoms with van der Waals surface area (Å²) in [6.45, 7) is 3.85. The maximum Gasteiger partial charge on any atom is 0.338 e. The van der Waals surface area contributed by atoms with Crippen LogP contribution in [0.5, 0.6) is 5.88 Å². The van der Waals surface area contributed by atoms with E-state index in [0.29, 0.717) is 27.9 Å². The summed E-state index contributed by atoms with van der Waals surface area (Å²) in [5.41, 5.74) is 11.5. The molecule has 2 aromatic rings. The molecule has 28 heavy (non-hydrogen) atoms. The molecular weight excluding hydrogens is 376 g/mol. The zero-order chi connectivity index (χ0) is 19.8. The number of nitrogen functional groups attached to an aromatic ring is 1. The number of nitrogens with zero attached hydrogens (tertiary/aromatic N) is 1. The minimum Gasteiger partial charge on any atom is -0.463 e. The fourth-order valence-corrected chi connectivity index (χ4v) is 4.25. The molecule has 0 bridgehead atoms. The Bertz CT molecular complexity index is 967. The van der Waals surface area contributed by atoms with Crippen LogP contribution in [0, 0.1) is 0 Å². The van der Waals surface area contributed by atoms with Gasteiger partial charge in [-0.1, -0.05) is 23.7 Å². The fourth-order valence-electron chi connectivity index (χ4n) is 4.13. The van der Waals surface area contributed by atoms with Crippen molar-refractivity contribution < 1.29 is 14.3 Å². The second-order valence-electron chi connectivity index (χ2n) is 7.15. The van der Waals surface area contributed by atoms with Crippen LogP contribution in [0.1, 0.15) is 55.0 Å². The summed E-state index contributed by atoms with van der Waals surface area (Å²) in [5.74, 6) is 0.180. The number of esters is 1. The van der Waals surface area contributed by atoms with Gasteiger partial charge in [-0.15, -0.1) is 0 Å². The molecule has 146 valence electrons. The summed E-state index contributed by atoms with van der Waals surface area (Å²) in [6, 6.07) is 7.44. The second-order valence-corrected chi connectivity index (χ2v) is 7.59. The highest BCUT2D eigenvalue weighted by molar-refractivity contribution is 6.30. The fraction of sp³-hybridized carbons (Fsp3) is 0.364. The van der Waals surface area contributed by atoms with E-state index >= 15 is 0 Å². The van der Waals surface area contributed by atoms with E-state index < -0.39 is 11.9 Å². The third kappa shape index (κ3) is 3.14. The maximum atomic E-state index is 12.8. The highest BCUT2D eigenvalue weighted by Gasteiger charge is 2.38. The first-order valence-electron chi connectivity index (χ1n) is 9.63. The average molecular weight is 399 g/mol. The smallest absolute Gasteiger partial charge is 0.338 e. The molecule has 0 saturated carbocycles. The predicted molar refractivity (Wildman–Crippen MR) is 109 cm³/mol. The first-order chi connectivity index (χ1) is 13.5. The van der Waals surface area contributed by atoms with Crippen LogP contribution in [0.2, 0.25) is 5.02 Å². The van der Waals surface area contributed by atoms with Crippen LogP contribution in [0.4, 0.5) is 5.69 Å². The molecule has 0 saturated heterocycles. The molecule has 2 N–H and O–H groups in total. The van der Waals surface area contributed by atoms with Gasteiger partial charge < -0.3 is 15.2 Å². The predicted octanol–water partition coefficient (Wildman–Crippen LogP) is 4.56. The minimum absolute atomic E-state index is 0.285. The van der Waals surface area contributed by atoms with Gasteiger partial charge in [0.05, 0.1) is 23.7 Å². The van der Waals surface area contributed by atoms with E-state index in [2.05, 4.69) is 0 Å². The van der Waals surface area contributed by atoms with Gasteiger partial charge in [-0.05, 0) is 62.8 Å². The molecular formula is C22H23ClN2O3. The van der Waals surface area contributed by atoms with Crippen molar-refractivity contribution in [2.45, 2.75) is 45.4 Å². The van der Waals surface area contributed by atoms with E-state index in [1.165, 1.54) is 0 Å². The third-order valence-electron chi connectivity index (χ3n) is 5.43. The van der Waals surface area contributed by atoms with Gasteiger partial charge in [-0.2, -0.15) is 0 Å². The van der Waals surface area contributed by atoms with Crippen molar-refractivity contribution in [3.8, 4) is 5.88 Å². The average Bonchev–Trinajstić information content (AvgIpc) is 2.68. The minimum atomic E-state index is -0.403. The molecule has 0 radical (unpaired) electrons. The van der Waals surface area contributed by atoms with Crippen LogP contribution in [0.15, 0.2) is 35.6 Å². The lowest BCUT2D eigenvalue weighted by Crippen LogP contribution is -2.26. The quantitative estimate of drug-likeness (QED) is 0.767. The lowest BCUT2D eigenvalue weighted by molar-refractivity contribution is -0.139. The number of ether oxygens (including phenoxy) is 2. The van der Waals surface area contributed by atoms with Gasteiger partial charge in [-0.3, -0.25) is 0 Å². The topological polar surface area (TPSA) is 74.4 Å². The molecule has 0 spiro atoms. The summed E-state index contributed by atoms with van der Waals surface area (Å²) >= 11 is 6.09. The lowest BCUT2D eigenvalue weighted by atomic mass is 9.80. The monoisotopic (exact) mass is 398 g/mol.